The predicted octanol–water partition coefficient (Wildman–Crippen LogP) is 12.1. The van der Waals surface area contributed by atoms with Crippen molar-refractivity contribution in [3.63, 3.8) is 0 Å². The normalized spacial score (nSPS) is 10.1. The van der Waals surface area contributed by atoms with E-state index in [0.717, 1.165) is 48.5 Å². The van der Waals surface area contributed by atoms with Crippen molar-refractivity contribution in [3.05, 3.63) is 187 Å². The summed E-state index contributed by atoms with van der Waals surface area (Å²) in [7, 11) is 0. The van der Waals surface area contributed by atoms with E-state index in [2.05, 4.69) is 99.6 Å². The summed E-state index contributed by atoms with van der Waals surface area (Å²) < 4.78 is 71.0. The summed E-state index contributed by atoms with van der Waals surface area (Å²) in [5.41, 5.74) is 1.19. The molecular weight excluding hydrogens is 758 g/mol. The van der Waals surface area contributed by atoms with Crippen LogP contribution in [0.2, 0.25) is 0 Å². The van der Waals surface area contributed by atoms with Crippen LogP contribution in [0, 0.1) is 27.3 Å². The van der Waals surface area contributed by atoms with Crippen LogP contribution in [0.15, 0.2) is 152 Å². The summed E-state index contributed by atoms with van der Waals surface area (Å²) >= 11 is 1.36. The number of halogens is 6. The molecule has 0 aromatic heterocycles. The van der Waals surface area contributed by atoms with Gasteiger partial charge >= 0.3 is 42.6 Å². The van der Waals surface area contributed by atoms with Crippen molar-refractivity contribution in [2.75, 3.05) is 0 Å². The Balaban J connectivity index is 0.000000316. The van der Waals surface area contributed by atoms with Crippen molar-refractivity contribution in [1.82, 2.24) is 0 Å². The van der Waals surface area contributed by atoms with Crippen LogP contribution >= 0.6 is 0 Å². The average Bonchev–Trinajstić information content (AvgIpc) is 3.68. The van der Waals surface area contributed by atoms with Crippen molar-refractivity contribution in [2.45, 2.75) is 26.2 Å². The van der Waals surface area contributed by atoms with E-state index in [-0.39, 0.29) is 18.9 Å². The van der Waals surface area contributed by atoms with Gasteiger partial charge in [-0.15, -0.1) is 81.2 Å². The number of alkyl halides is 6. The molecule has 0 unspecified atom stereocenters. The molecular formula is C41H36F6O2SiZr-4. The van der Waals surface area contributed by atoms with Crippen LogP contribution in [0.25, 0.3) is 21.5 Å². The fraction of sp³-hybridized carbons (Fsp3) is 0.0976. The first kappa shape index (κ1) is 44.6. The molecule has 0 atom stereocenters. The van der Waals surface area contributed by atoms with Gasteiger partial charge in [0, 0.05) is 0 Å². The molecule has 2 radical (unpaired) electrons. The minimum Gasteiger partial charge on any atom is -0.184 e. The zero-order chi connectivity index (χ0) is 37.2. The number of phenols is 2. The van der Waals surface area contributed by atoms with Crippen molar-refractivity contribution in [2.24, 2.45) is 0 Å². The van der Waals surface area contributed by atoms with E-state index in [0.29, 0.717) is 0 Å². The minimum absolute atomic E-state index is 0. The van der Waals surface area contributed by atoms with Gasteiger partial charge in [-0.1, -0.05) is 26.0 Å². The van der Waals surface area contributed by atoms with Crippen LogP contribution in [0.5, 0.6) is 11.5 Å². The minimum atomic E-state index is -4.33. The molecule has 0 aliphatic heterocycles. The number of aromatic hydroxyl groups is 2. The van der Waals surface area contributed by atoms with E-state index in [1.807, 2.05) is 30.3 Å². The number of aryl methyl sites for hydroxylation is 2. The van der Waals surface area contributed by atoms with Crippen LogP contribution in [0.1, 0.15) is 22.3 Å². The molecule has 0 amide bonds. The molecule has 0 saturated heterocycles. The molecule has 266 valence electrons. The van der Waals surface area contributed by atoms with E-state index < -0.39 is 23.5 Å². The van der Waals surface area contributed by atoms with Gasteiger partial charge in [0.25, 0.3) is 0 Å². The van der Waals surface area contributed by atoms with Crippen LogP contribution in [0.4, 0.5) is 26.3 Å². The Bertz CT molecular complexity index is 1730. The van der Waals surface area contributed by atoms with Gasteiger partial charge in [0.15, 0.2) is 0 Å². The summed E-state index contributed by atoms with van der Waals surface area (Å²) in [4.78, 5) is 0. The topological polar surface area (TPSA) is 40.5 Å². The first-order valence-corrected chi connectivity index (χ1v) is 19.0. The standard InChI is InChI=1S/2C10H9.2C7H5F3O.C6H5.CH3.Si.Zr/c2*1-8-6-9-4-2-3-5-10(9)7-8;2*8-7(9,10)5-1-3-6(11)4-2-5;1-2-4-6-5-3-1;;;/h2*2-7H,1H3;2*1-4,11H;1-5H;1H3;;/q2*-1;;;2*-1;;. The van der Waals surface area contributed by atoms with Crippen molar-refractivity contribution < 1.29 is 59.9 Å². The largest absolute Gasteiger partial charge is 0.184 e. The molecule has 0 bridgehead atoms. The molecule has 0 spiro atoms. The van der Waals surface area contributed by atoms with Crippen LogP contribution in [0.3, 0.4) is 0 Å². The molecule has 2 nitrogen and oxygen atoms in total. The Morgan fingerprint density at radius 3 is 1.12 bits per heavy atom. The van der Waals surface area contributed by atoms with Crippen LogP contribution < -0.4 is 0 Å². The number of benzene rings is 5. The second kappa shape index (κ2) is 22.4. The van der Waals surface area contributed by atoms with Crippen molar-refractivity contribution in [1.29, 1.82) is 0 Å². The Kier molecular flexibility index (Phi) is 19.6. The van der Waals surface area contributed by atoms with E-state index in [4.69, 9.17) is 10.2 Å². The predicted molar refractivity (Wildman–Crippen MR) is 192 cm³/mol. The molecule has 10 heteroatoms. The van der Waals surface area contributed by atoms with Crippen LogP contribution in [-0.2, 0) is 35.7 Å². The number of hydrogen-bond donors (Lipinski definition) is 2. The molecule has 2 N–H and O–H groups in total. The molecule has 0 saturated carbocycles. The van der Waals surface area contributed by atoms with Crippen molar-refractivity contribution in [3.8, 4) is 11.5 Å². The molecule has 0 heterocycles. The van der Waals surface area contributed by atoms with E-state index >= 15 is 0 Å². The third-order valence-corrected chi connectivity index (χ3v) is 6.52. The molecule has 7 aromatic carbocycles. The quantitative estimate of drug-likeness (QED) is 0.0912. The maximum absolute atomic E-state index is 11.8. The first-order valence-electron chi connectivity index (χ1n) is 14.8. The molecule has 0 aliphatic carbocycles. The summed E-state index contributed by atoms with van der Waals surface area (Å²) in [6.07, 6.45) is -8.65. The summed E-state index contributed by atoms with van der Waals surface area (Å²) in [5, 5.41) is 22.7. The number of hydrogen-bond acceptors (Lipinski definition) is 2. The van der Waals surface area contributed by atoms with E-state index in [9.17, 15) is 26.3 Å². The summed E-state index contributed by atoms with van der Waals surface area (Å²) in [5.74, 6) is -0.337. The van der Waals surface area contributed by atoms with Gasteiger partial charge in [0.2, 0.25) is 0 Å². The third-order valence-electron chi connectivity index (χ3n) is 6.52. The molecule has 51 heavy (non-hydrogen) atoms. The number of rotatable bonds is 0. The van der Waals surface area contributed by atoms with Gasteiger partial charge in [0.1, 0.15) is 11.5 Å². The number of fused-ring (bicyclic) bond motifs is 2. The smallest absolute Gasteiger partial charge is 0.171 e. The molecule has 7 aromatic rings. The maximum Gasteiger partial charge on any atom is -0.171 e. The van der Waals surface area contributed by atoms with Crippen LogP contribution in [-0.4, -0.2) is 17.1 Å². The van der Waals surface area contributed by atoms with Gasteiger partial charge in [-0.05, 0) is 48.5 Å². The Morgan fingerprint density at radius 2 is 0.863 bits per heavy atom. The molecule has 0 fully saturated rings. The second-order valence-corrected chi connectivity index (χ2v) is 10.5. The van der Waals surface area contributed by atoms with Gasteiger partial charge in [-0.3, -0.25) is 0 Å². The average molecular weight is 794 g/mol. The monoisotopic (exact) mass is 792 g/mol. The Morgan fingerprint density at radius 1 is 0.529 bits per heavy atom. The summed E-state index contributed by atoms with van der Waals surface area (Å²) in [6.45, 7) is 7.31. The third kappa shape index (κ3) is 16.9. The van der Waals surface area contributed by atoms with Gasteiger partial charge in [0.05, 0.1) is 11.1 Å². The number of phenolic OH excluding ortho intramolecular Hbond substituents is 2. The Hall–Kier alpha value is -4.40. The van der Waals surface area contributed by atoms with E-state index in [1.165, 1.54) is 56.0 Å². The van der Waals surface area contributed by atoms with Gasteiger partial charge < -0.3 is 17.6 Å². The maximum atomic E-state index is 11.8. The van der Waals surface area contributed by atoms with Gasteiger partial charge in [-0.25, -0.2) is 0 Å². The second-order valence-electron chi connectivity index (χ2n) is 10.5. The fourth-order valence-electron chi connectivity index (χ4n) is 4.25. The molecule has 7 rings (SSSR count). The molecule has 0 aliphatic rings. The SMILES string of the molecule is Cc1cc2ccccc2[cH-]1.Cc1cc2ccccc2[cH-]1.Oc1ccc(C(F)(F)F)cc1.Oc1ccc(C(F)(F)F)cc1.[CH3-].[Si]=[Zr].[c-]1ccccc1. The Labute approximate surface area is 312 Å². The van der Waals surface area contributed by atoms with E-state index in [1.54, 1.807) is 0 Å². The van der Waals surface area contributed by atoms with Gasteiger partial charge in [-0.2, -0.15) is 74.9 Å². The first-order chi connectivity index (χ1) is 23.7. The fourth-order valence-corrected chi connectivity index (χ4v) is 4.25. The zero-order valence-electron chi connectivity index (χ0n) is 28.1. The van der Waals surface area contributed by atoms with Crippen molar-refractivity contribution >= 4 is 28.4 Å². The zero-order valence-corrected chi connectivity index (χ0v) is 31.6. The summed E-state index contributed by atoms with van der Waals surface area (Å²) in [6, 6.07) is 45.5.